The molecule has 0 atom stereocenters. The van der Waals surface area contributed by atoms with Gasteiger partial charge in [-0.2, -0.15) is 18.0 Å². The normalized spacial score (nSPS) is 11.3. The fourth-order valence-electron chi connectivity index (χ4n) is 0.830. The third-order valence-corrected chi connectivity index (χ3v) is 2.98. The molecule has 4 nitrogen and oxygen atoms in total. The Balaban J connectivity index is 2.65. The lowest BCUT2D eigenvalue weighted by Crippen LogP contribution is -2.16. The molecule has 0 saturated heterocycles. The molecule has 0 bridgehead atoms. The van der Waals surface area contributed by atoms with Crippen LogP contribution in [0.1, 0.15) is 6.42 Å². The highest BCUT2D eigenvalue weighted by molar-refractivity contribution is 7.89. The minimum atomic E-state index is -3.58. The fourth-order valence-corrected chi connectivity index (χ4v) is 1.89. The summed E-state index contributed by atoms with van der Waals surface area (Å²) in [4.78, 5) is 0. The summed E-state index contributed by atoms with van der Waals surface area (Å²) in [5, 5.41) is 3.51. The Morgan fingerprint density at radius 2 is 2.21 bits per heavy atom. The third kappa shape index (κ3) is 2.91. The number of hydrogen-bond acceptors (Lipinski definition) is 3. The maximum absolute atomic E-state index is 11.6. The SMILES string of the molecule is O=S(=O)(CCC=C(F)F)n1cccn1. The monoisotopic (exact) mass is 222 g/mol. The van der Waals surface area contributed by atoms with Gasteiger partial charge in [0.1, 0.15) is 0 Å². The zero-order valence-corrected chi connectivity index (χ0v) is 7.92. The van der Waals surface area contributed by atoms with E-state index in [1.807, 2.05) is 0 Å². The van der Waals surface area contributed by atoms with Gasteiger partial charge in [0.2, 0.25) is 0 Å². The molecule has 14 heavy (non-hydrogen) atoms. The van der Waals surface area contributed by atoms with Gasteiger partial charge >= 0.3 is 0 Å². The van der Waals surface area contributed by atoms with Crippen molar-refractivity contribution in [2.45, 2.75) is 6.42 Å². The van der Waals surface area contributed by atoms with Crippen LogP contribution >= 0.6 is 0 Å². The molecule has 0 spiro atoms. The Hall–Kier alpha value is -1.24. The van der Waals surface area contributed by atoms with Crippen molar-refractivity contribution >= 4 is 10.0 Å². The van der Waals surface area contributed by atoms with Crippen LogP contribution in [0.2, 0.25) is 0 Å². The van der Waals surface area contributed by atoms with E-state index in [0.717, 1.165) is 4.09 Å². The molecule has 0 aromatic carbocycles. The fraction of sp³-hybridized carbons (Fsp3) is 0.286. The second kappa shape index (κ2) is 4.32. The van der Waals surface area contributed by atoms with Crippen LogP contribution in [-0.4, -0.2) is 23.4 Å². The van der Waals surface area contributed by atoms with E-state index in [1.54, 1.807) is 0 Å². The van der Waals surface area contributed by atoms with Crippen molar-refractivity contribution in [3.63, 3.8) is 0 Å². The molecule has 0 N–H and O–H groups in total. The van der Waals surface area contributed by atoms with E-state index < -0.39 is 16.1 Å². The van der Waals surface area contributed by atoms with E-state index in [2.05, 4.69) is 5.10 Å². The van der Waals surface area contributed by atoms with Crippen molar-refractivity contribution in [3.8, 4) is 0 Å². The van der Waals surface area contributed by atoms with Crippen LogP contribution in [0.5, 0.6) is 0 Å². The highest BCUT2D eigenvalue weighted by atomic mass is 32.2. The van der Waals surface area contributed by atoms with E-state index in [1.165, 1.54) is 18.5 Å². The molecular formula is C7H8F2N2O2S. The predicted octanol–water partition coefficient (Wildman–Crippen LogP) is 1.23. The van der Waals surface area contributed by atoms with Crippen LogP contribution in [0, 0.1) is 0 Å². The predicted molar refractivity (Wildman–Crippen MR) is 46.3 cm³/mol. The van der Waals surface area contributed by atoms with Crippen molar-refractivity contribution in [2.24, 2.45) is 0 Å². The van der Waals surface area contributed by atoms with E-state index in [4.69, 9.17) is 0 Å². The number of hydrogen-bond donors (Lipinski definition) is 0. The molecule has 0 aliphatic carbocycles. The van der Waals surface area contributed by atoms with Crippen molar-refractivity contribution in [2.75, 3.05) is 5.75 Å². The summed E-state index contributed by atoms with van der Waals surface area (Å²) >= 11 is 0. The maximum Gasteiger partial charge on any atom is 0.266 e. The molecule has 1 aromatic rings. The number of rotatable bonds is 4. The van der Waals surface area contributed by atoms with Crippen LogP contribution in [0.25, 0.3) is 0 Å². The Morgan fingerprint density at radius 3 is 2.71 bits per heavy atom. The second-order valence-corrected chi connectivity index (χ2v) is 4.42. The third-order valence-electron chi connectivity index (χ3n) is 1.44. The highest BCUT2D eigenvalue weighted by Gasteiger charge is 2.11. The van der Waals surface area contributed by atoms with Gasteiger partial charge in [0.15, 0.2) is 0 Å². The molecule has 1 aromatic heterocycles. The molecule has 78 valence electrons. The molecule has 0 radical (unpaired) electrons. The van der Waals surface area contributed by atoms with Gasteiger partial charge in [-0.3, -0.25) is 0 Å². The van der Waals surface area contributed by atoms with Crippen molar-refractivity contribution in [1.29, 1.82) is 0 Å². The first-order valence-corrected chi connectivity index (χ1v) is 5.37. The molecule has 7 heteroatoms. The van der Waals surface area contributed by atoms with Gasteiger partial charge in [-0.05, 0) is 18.6 Å². The van der Waals surface area contributed by atoms with Gasteiger partial charge in [-0.15, -0.1) is 0 Å². The summed E-state index contributed by atoms with van der Waals surface area (Å²) in [5.41, 5.74) is 0. The van der Waals surface area contributed by atoms with Gasteiger partial charge in [-0.25, -0.2) is 8.42 Å². The molecular weight excluding hydrogens is 214 g/mol. The Morgan fingerprint density at radius 1 is 1.50 bits per heavy atom. The topological polar surface area (TPSA) is 52.0 Å². The van der Waals surface area contributed by atoms with Gasteiger partial charge in [-0.1, -0.05) is 0 Å². The van der Waals surface area contributed by atoms with Crippen LogP contribution in [0.3, 0.4) is 0 Å². The van der Waals surface area contributed by atoms with E-state index in [9.17, 15) is 17.2 Å². The molecule has 0 aliphatic heterocycles. The molecule has 0 aliphatic rings. The van der Waals surface area contributed by atoms with Crippen LogP contribution in [0.4, 0.5) is 8.78 Å². The average molecular weight is 222 g/mol. The maximum atomic E-state index is 11.6. The number of aromatic nitrogens is 2. The first kappa shape index (κ1) is 10.8. The second-order valence-electron chi connectivity index (χ2n) is 2.48. The van der Waals surface area contributed by atoms with Gasteiger partial charge in [0, 0.05) is 6.20 Å². The standard InChI is InChI=1S/C7H8F2N2O2S/c8-7(9)3-1-6-14(12,13)11-5-2-4-10-11/h2-5H,1,6H2. The largest absolute Gasteiger partial charge is 0.266 e. The summed E-state index contributed by atoms with van der Waals surface area (Å²) in [6.07, 6.45) is 1.04. The van der Waals surface area contributed by atoms with Crippen LogP contribution in [0.15, 0.2) is 30.6 Å². The van der Waals surface area contributed by atoms with E-state index >= 15 is 0 Å². The molecule has 0 fully saturated rings. The Bertz CT molecular complexity index is 407. The van der Waals surface area contributed by atoms with Gasteiger partial charge < -0.3 is 0 Å². The van der Waals surface area contributed by atoms with Crippen LogP contribution in [-0.2, 0) is 10.0 Å². The quantitative estimate of drug-likeness (QED) is 0.769. The molecule has 1 rings (SSSR count). The highest BCUT2D eigenvalue weighted by Crippen LogP contribution is 2.03. The lowest BCUT2D eigenvalue weighted by Gasteiger charge is -2.00. The Labute approximate surface area is 79.9 Å². The lowest BCUT2D eigenvalue weighted by atomic mass is 10.5. The zero-order chi connectivity index (χ0) is 10.6. The minimum Gasteiger partial charge on any atom is -0.205 e. The molecule has 1 heterocycles. The van der Waals surface area contributed by atoms with Gasteiger partial charge in [0.25, 0.3) is 16.1 Å². The number of allylic oxidation sites excluding steroid dienone is 1. The summed E-state index contributed by atoms with van der Waals surface area (Å²) in [6.45, 7) is 0. The molecule has 0 unspecified atom stereocenters. The van der Waals surface area contributed by atoms with E-state index in [0.29, 0.717) is 6.08 Å². The lowest BCUT2D eigenvalue weighted by molar-refractivity contribution is 0.418. The first-order chi connectivity index (χ1) is 6.52. The van der Waals surface area contributed by atoms with Crippen molar-refractivity contribution < 1.29 is 17.2 Å². The smallest absolute Gasteiger partial charge is 0.205 e. The number of nitrogens with zero attached hydrogens (tertiary/aromatic N) is 2. The minimum absolute atomic E-state index is 0.218. The van der Waals surface area contributed by atoms with Crippen LogP contribution < -0.4 is 0 Å². The molecule has 0 saturated carbocycles. The van der Waals surface area contributed by atoms with Crippen molar-refractivity contribution in [1.82, 2.24) is 9.19 Å². The van der Waals surface area contributed by atoms with Gasteiger partial charge in [0.05, 0.1) is 11.9 Å². The van der Waals surface area contributed by atoms with Crippen molar-refractivity contribution in [3.05, 3.63) is 30.6 Å². The molecule has 0 amide bonds. The summed E-state index contributed by atoms with van der Waals surface area (Å²) in [5.74, 6) is -0.383. The summed E-state index contributed by atoms with van der Waals surface area (Å²) in [6, 6.07) is 1.45. The summed E-state index contributed by atoms with van der Waals surface area (Å²) < 4.78 is 46.6. The summed E-state index contributed by atoms with van der Waals surface area (Å²) in [7, 11) is -3.58. The zero-order valence-electron chi connectivity index (χ0n) is 7.10. The van der Waals surface area contributed by atoms with E-state index in [-0.39, 0.29) is 12.2 Å². The average Bonchev–Trinajstić information content (AvgIpc) is 2.54. The first-order valence-electron chi connectivity index (χ1n) is 3.76. The number of halogens is 2. The Kier molecular flexibility index (Phi) is 3.34.